The first-order valence-corrected chi connectivity index (χ1v) is 16.7. The van der Waals surface area contributed by atoms with E-state index in [0.717, 1.165) is 64.6 Å². The van der Waals surface area contributed by atoms with Crippen LogP contribution in [-0.2, 0) is 19.3 Å². The van der Waals surface area contributed by atoms with Crippen LogP contribution in [0.3, 0.4) is 0 Å². The number of aryl methyl sites for hydroxylation is 3. The van der Waals surface area contributed by atoms with Crippen molar-refractivity contribution < 1.29 is 4.79 Å². The predicted octanol–water partition coefficient (Wildman–Crippen LogP) is 7.46. The fourth-order valence-corrected chi connectivity index (χ4v) is 6.82. The van der Waals surface area contributed by atoms with Gasteiger partial charge in [0.25, 0.3) is 11.5 Å². The first-order valence-electron chi connectivity index (χ1n) is 15.5. The Morgan fingerprint density at radius 1 is 1.05 bits per heavy atom. The Hall–Kier alpha value is -3.52. The van der Waals surface area contributed by atoms with Gasteiger partial charge in [0.15, 0.2) is 0 Å². The number of carbonyl (C=O) groups is 1. The van der Waals surface area contributed by atoms with Gasteiger partial charge in [-0.25, -0.2) is 4.98 Å². The summed E-state index contributed by atoms with van der Waals surface area (Å²) in [4.78, 5) is 36.9. The molecule has 5 rings (SSSR count). The Kier molecular flexibility index (Phi) is 10.2. The monoisotopic (exact) mass is 628 g/mol. The van der Waals surface area contributed by atoms with E-state index in [9.17, 15) is 9.59 Å². The van der Waals surface area contributed by atoms with Crippen LogP contribution < -0.4 is 10.9 Å². The number of para-hydroxylation sites is 1. The van der Waals surface area contributed by atoms with Gasteiger partial charge >= 0.3 is 0 Å². The molecule has 1 saturated heterocycles. The normalized spacial score (nSPS) is 13.8. The van der Waals surface area contributed by atoms with Gasteiger partial charge in [0.2, 0.25) is 0 Å². The molecule has 44 heavy (non-hydrogen) atoms. The van der Waals surface area contributed by atoms with Gasteiger partial charge < -0.3 is 10.2 Å². The molecule has 1 aliphatic heterocycles. The van der Waals surface area contributed by atoms with E-state index in [0.29, 0.717) is 40.7 Å². The van der Waals surface area contributed by atoms with E-state index in [-0.39, 0.29) is 17.4 Å². The molecule has 6 nitrogen and oxygen atoms in total. The van der Waals surface area contributed by atoms with Crippen molar-refractivity contribution in [3.8, 4) is 16.3 Å². The fourth-order valence-electron chi connectivity index (χ4n) is 5.78. The molecule has 4 aromatic rings. The third-order valence-corrected chi connectivity index (χ3v) is 9.37. The maximum absolute atomic E-state index is 14.8. The van der Waals surface area contributed by atoms with Crippen LogP contribution in [0.2, 0.25) is 5.02 Å². The van der Waals surface area contributed by atoms with Crippen LogP contribution in [0.15, 0.2) is 53.3 Å². The molecule has 1 aliphatic rings. The van der Waals surface area contributed by atoms with Crippen LogP contribution >= 0.6 is 22.9 Å². The lowest BCUT2D eigenvalue weighted by atomic mass is 9.97. The molecule has 2 aromatic carbocycles. The summed E-state index contributed by atoms with van der Waals surface area (Å²) in [6, 6.07) is 15.7. The highest BCUT2D eigenvalue weighted by molar-refractivity contribution is 7.15. The average Bonchev–Trinajstić information content (AvgIpc) is 3.40. The zero-order chi connectivity index (χ0) is 31.4. The number of aromatic nitrogens is 2. The van der Waals surface area contributed by atoms with Crippen LogP contribution in [-0.4, -0.2) is 46.5 Å². The molecule has 1 N–H and O–H groups in total. The topological polar surface area (TPSA) is 67.2 Å². The Morgan fingerprint density at radius 3 is 2.32 bits per heavy atom. The molecule has 0 atom stereocenters. The van der Waals surface area contributed by atoms with E-state index in [4.69, 9.17) is 16.6 Å². The third-order valence-electron chi connectivity index (χ3n) is 8.09. The molecule has 0 unspecified atom stereocenters. The summed E-state index contributed by atoms with van der Waals surface area (Å²) >= 11 is 7.55. The summed E-state index contributed by atoms with van der Waals surface area (Å²) in [6.45, 7) is 13.3. The van der Waals surface area contributed by atoms with Crippen molar-refractivity contribution in [3.05, 3.63) is 102 Å². The lowest BCUT2D eigenvalue weighted by molar-refractivity contribution is 0.0733. The van der Waals surface area contributed by atoms with Gasteiger partial charge in [-0.3, -0.25) is 14.2 Å². The second-order valence-corrected chi connectivity index (χ2v) is 13.3. The van der Waals surface area contributed by atoms with Crippen molar-refractivity contribution in [1.29, 1.82) is 0 Å². The van der Waals surface area contributed by atoms with Crippen molar-refractivity contribution in [2.75, 3.05) is 26.2 Å². The van der Waals surface area contributed by atoms with E-state index in [1.807, 2.05) is 58.9 Å². The molecule has 1 amide bonds. The number of benzene rings is 2. The number of nitrogens with one attached hydrogen (secondary N) is 1. The van der Waals surface area contributed by atoms with Crippen LogP contribution in [0, 0.1) is 12.8 Å². The standard InChI is InChI=1S/C36H41ClN4O2S/c1-6-26-9-8-10-27(7-2)33(26)41-32(21-23(3)4)29(35(42)40-19-17-38-18-20-40)22-30(36(41)43)34-39-31(24(5)44-34)16-13-25-11-14-28(37)15-12-25/h8-16,22-23,38H,6-7,17-21H2,1-5H3/b16-13+. The minimum Gasteiger partial charge on any atom is -0.336 e. The zero-order valence-corrected chi connectivity index (χ0v) is 27.8. The van der Waals surface area contributed by atoms with Crippen LogP contribution in [0.25, 0.3) is 28.4 Å². The molecule has 3 heterocycles. The molecule has 0 aliphatic carbocycles. The summed E-state index contributed by atoms with van der Waals surface area (Å²) in [6.07, 6.45) is 6.13. The smallest absolute Gasteiger partial charge is 0.265 e. The van der Waals surface area contributed by atoms with Crippen molar-refractivity contribution >= 4 is 41.0 Å². The maximum atomic E-state index is 14.8. The number of thiazole rings is 1. The van der Waals surface area contributed by atoms with Gasteiger partial charge in [-0.15, -0.1) is 11.3 Å². The van der Waals surface area contributed by atoms with Gasteiger partial charge in [-0.05, 0) is 73.1 Å². The Bertz CT molecular complexity index is 1710. The predicted molar refractivity (Wildman–Crippen MR) is 184 cm³/mol. The highest BCUT2D eigenvalue weighted by Gasteiger charge is 2.28. The van der Waals surface area contributed by atoms with E-state index in [1.165, 1.54) is 11.3 Å². The van der Waals surface area contributed by atoms with Crippen molar-refractivity contribution in [2.45, 2.75) is 53.9 Å². The minimum atomic E-state index is -0.130. The average molecular weight is 629 g/mol. The van der Waals surface area contributed by atoms with Gasteiger partial charge in [0.05, 0.1) is 22.5 Å². The number of carbonyl (C=O) groups excluding carboxylic acids is 1. The largest absolute Gasteiger partial charge is 0.336 e. The molecular weight excluding hydrogens is 588 g/mol. The van der Waals surface area contributed by atoms with Crippen LogP contribution in [0.4, 0.5) is 0 Å². The summed E-state index contributed by atoms with van der Waals surface area (Å²) < 4.78 is 1.86. The molecule has 8 heteroatoms. The van der Waals surface area contributed by atoms with E-state index in [2.05, 4.69) is 51.2 Å². The summed E-state index contributed by atoms with van der Waals surface area (Å²) in [5, 5.41) is 4.65. The van der Waals surface area contributed by atoms with Gasteiger partial charge in [-0.2, -0.15) is 0 Å². The van der Waals surface area contributed by atoms with Gasteiger partial charge in [-0.1, -0.05) is 75.7 Å². The molecule has 230 valence electrons. The Morgan fingerprint density at radius 2 is 1.70 bits per heavy atom. The number of piperazine rings is 1. The van der Waals surface area contributed by atoms with Crippen LogP contribution in [0.1, 0.15) is 71.0 Å². The molecule has 0 spiro atoms. The third kappa shape index (κ3) is 6.75. The second kappa shape index (κ2) is 14.1. The molecule has 0 bridgehead atoms. The number of hydrogen-bond donors (Lipinski definition) is 1. The first kappa shape index (κ1) is 31.9. The molecule has 2 aromatic heterocycles. The number of halogens is 1. The van der Waals surface area contributed by atoms with Crippen molar-refractivity contribution in [1.82, 2.24) is 19.8 Å². The SMILES string of the molecule is CCc1cccc(CC)c1-n1c(CC(C)C)c(C(=O)N2CCNCC2)cc(-c2nc(/C=C/c3ccc(Cl)cc3)c(C)s2)c1=O. The number of rotatable bonds is 9. The number of nitrogens with zero attached hydrogens (tertiary/aromatic N) is 3. The van der Waals surface area contributed by atoms with Crippen molar-refractivity contribution in [3.63, 3.8) is 0 Å². The second-order valence-electron chi connectivity index (χ2n) is 11.7. The minimum absolute atomic E-state index is 0.0275. The van der Waals surface area contributed by atoms with Crippen molar-refractivity contribution in [2.24, 2.45) is 5.92 Å². The lowest BCUT2D eigenvalue weighted by Gasteiger charge is -2.30. The lowest BCUT2D eigenvalue weighted by Crippen LogP contribution is -2.47. The van der Waals surface area contributed by atoms with E-state index < -0.39 is 0 Å². The fraction of sp³-hybridized carbons (Fsp3) is 0.361. The number of hydrogen-bond acceptors (Lipinski definition) is 5. The van der Waals surface area contributed by atoms with Gasteiger partial charge in [0.1, 0.15) is 5.01 Å². The Labute approximate surface area is 269 Å². The van der Waals surface area contributed by atoms with E-state index in [1.54, 1.807) is 0 Å². The highest BCUT2D eigenvalue weighted by Crippen LogP contribution is 2.32. The summed E-state index contributed by atoms with van der Waals surface area (Å²) in [5.74, 6) is 0.215. The Balaban J connectivity index is 1.75. The summed E-state index contributed by atoms with van der Waals surface area (Å²) in [5.41, 5.74) is 6.61. The molecule has 0 saturated carbocycles. The highest BCUT2D eigenvalue weighted by atomic mass is 35.5. The quantitative estimate of drug-likeness (QED) is 0.209. The maximum Gasteiger partial charge on any atom is 0.265 e. The molecular formula is C36H41ClN4O2S. The molecule has 0 radical (unpaired) electrons. The van der Waals surface area contributed by atoms with E-state index >= 15 is 0 Å². The number of pyridine rings is 1. The summed E-state index contributed by atoms with van der Waals surface area (Å²) in [7, 11) is 0. The van der Waals surface area contributed by atoms with Gasteiger partial charge in [0, 0.05) is 41.8 Å². The van der Waals surface area contributed by atoms with Crippen LogP contribution in [0.5, 0.6) is 0 Å². The zero-order valence-electron chi connectivity index (χ0n) is 26.2. The number of amides is 1. The molecule has 1 fully saturated rings. The first-order chi connectivity index (χ1) is 21.2.